The SMILES string of the molecule is CCN(CC)S(=O)(=O)c1ccc(Oc2ccc(F)c(F)c2)c([N+](=O)[O-])c1. The maximum atomic E-state index is 13.3. The van der Waals surface area contributed by atoms with Crippen molar-refractivity contribution >= 4 is 15.7 Å². The van der Waals surface area contributed by atoms with Crippen molar-refractivity contribution in [3.63, 3.8) is 0 Å². The number of hydrogen-bond acceptors (Lipinski definition) is 5. The van der Waals surface area contributed by atoms with Crippen LogP contribution in [0.25, 0.3) is 0 Å². The highest BCUT2D eigenvalue weighted by atomic mass is 32.2. The van der Waals surface area contributed by atoms with Gasteiger partial charge in [0.05, 0.1) is 9.82 Å². The van der Waals surface area contributed by atoms with Crippen molar-refractivity contribution in [1.29, 1.82) is 0 Å². The molecular weight excluding hydrogens is 370 g/mol. The largest absolute Gasteiger partial charge is 0.450 e. The molecule has 0 atom stereocenters. The van der Waals surface area contributed by atoms with E-state index in [4.69, 9.17) is 4.74 Å². The lowest BCUT2D eigenvalue weighted by Gasteiger charge is -2.18. The fourth-order valence-corrected chi connectivity index (χ4v) is 3.75. The summed E-state index contributed by atoms with van der Waals surface area (Å²) in [6, 6.07) is 5.80. The second kappa shape index (κ2) is 7.75. The van der Waals surface area contributed by atoms with Crippen LogP contribution in [0.3, 0.4) is 0 Å². The van der Waals surface area contributed by atoms with Crippen molar-refractivity contribution in [1.82, 2.24) is 4.31 Å². The monoisotopic (exact) mass is 386 g/mol. The second-order valence-electron chi connectivity index (χ2n) is 5.15. The highest BCUT2D eigenvalue weighted by molar-refractivity contribution is 7.89. The van der Waals surface area contributed by atoms with Crippen LogP contribution in [-0.2, 0) is 10.0 Å². The third kappa shape index (κ3) is 3.97. The summed E-state index contributed by atoms with van der Waals surface area (Å²) in [6.07, 6.45) is 0. The van der Waals surface area contributed by atoms with Crippen LogP contribution < -0.4 is 4.74 Å². The molecular formula is C16H16F2N2O5S. The first-order valence-corrected chi connectivity index (χ1v) is 9.06. The molecule has 0 amide bonds. The number of hydrogen-bond donors (Lipinski definition) is 0. The molecule has 10 heteroatoms. The number of benzene rings is 2. The Balaban J connectivity index is 2.46. The van der Waals surface area contributed by atoms with E-state index in [1.807, 2.05) is 0 Å². The predicted molar refractivity (Wildman–Crippen MR) is 89.6 cm³/mol. The molecule has 0 aliphatic heterocycles. The van der Waals surface area contributed by atoms with Gasteiger partial charge in [-0.05, 0) is 24.3 Å². The van der Waals surface area contributed by atoms with E-state index in [2.05, 4.69) is 0 Å². The summed E-state index contributed by atoms with van der Waals surface area (Å²) < 4.78 is 57.6. The fraction of sp³-hybridized carbons (Fsp3) is 0.250. The van der Waals surface area contributed by atoms with Crippen molar-refractivity contribution in [2.24, 2.45) is 0 Å². The summed E-state index contributed by atoms with van der Waals surface area (Å²) >= 11 is 0. The molecule has 2 aromatic carbocycles. The van der Waals surface area contributed by atoms with Gasteiger partial charge in [0.1, 0.15) is 5.75 Å². The molecule has 2 rings (SSSR count). The second-order valence-corrected chi connectivity index (χ2v) is 7.09. The van der Waals surface area contributed by atoms with Gasteiger partial charge < -0.3 is 4.74 Å². The van der Waals surface area contributed by atoms with Crippen LogP contribution in [0.15, 0.2) is 41.3 Å². The van der Waals surface area contributed by atoms with E-state index in [1.165, 1.54) is 0 Å². The first-order valence-electron chi connectivity index (χ1n) is 7.62. The maximum Gasteiger partial charge on any atom is 0.312 e. The van der Waals surface area contributed by atoms with Crippen LogP contribution in [0, 0.1) is 21.7 Å². The van der Waals surface area contributed by atoms with E-state index in [9.17, 15) is 27.3 Å². The average Bonchev–Trinajstić information content (AvgIpc) is 2.59. The lowest BCUT2D eigenvalue weighted by molar-refractivity contribution is -0.385. The predicted octanol–water partition coefficient (Wildman–Crippen LogP) is 3.70. The number of nitro groups is 1. The fourth-order valence-electron chi connectivity index (χ4n) is 2.27. The van der Waals surface area contributed by atoms with Crippen LogP contribution in [0.2, 0.25) is 0 Å². The number of nitrogens with zero attached hydrogens (tertiary/aromatic N) is 2. The number of sulfonamides is 1. The molecule has 0 saturated carbocycles. The van der Waals surface area contributed by atoms with Crippen LogP contribution in [-0.4, -0.2) is 30.7 Å². The van der Waals surface area contributed by atoms with E-state index >= 15 is 0 Å². The van der Waals surface area contributed by atoms with Gasteiger partial charge in [0.2, 0.25) is 15.8 Å². The molecule has 0 unspecified atom stereocenters. The third-order valence-electron chi connectivity index (χ3n) is 3.59. The van der Waals surface area contributed by atoms with Gasteiger partial charge in [-0.15, -0.1) is 0 Å². The van der Waals surface area contributed by atoms with Crippen molar-refractivity contribution in [3.05, 3.63) is 58.1 Å². The summed E-state index contributed by atoms with van der Waals surface area (Å²) in [7, 11) is -3.90. The number of nitro benzene ring substituents is 1. The molecule has 0 aliphatic rings. The highest BCUT2D eigenvalue weighted by Crippen LogP contribution is 2.34. The zero-order chi connectivity index (χ0) is 19.5. The third-order valence-corrected chi connectivity index (χ3v) is 5.64. The molecule has 140 valence electrons. The van der Waals surface area contributed by atoms with Crippen LogP contribution in [0.4, 0.5) is 14.5 Å². The Morgan fingerprint density at radius 2 is 1.73 bits per heavy atom. The minimum Gasteiger partial charge on any atom is -0.450 e. The highest BCUT2D eigenvalue weighted by Gasteiger charge is 2.26. The van der Waals surface area contributed by atoms with Crippen LogP contribution >= 0.6 is 0 Å². The molecule has 26 heavy (non-hydrogen) atoms. The quantitative estimate of drug-likeness (QED) is 0.535. The Bertz CT molecular complexity index is 930. The zero-order valence-corrected chi connectivity index (χ0v) is 14.8. The van der Waals surface area contributed by atoms with Crippen molar-refractivity contribution in [2.75, 3.05) is 13.1 Å². The Morgan fingerprint density at radius 1 is 1.08 bits per heavy atom. The molecule has 0 bridgehead atoms. The van der Waals surface area contributed by atoms with Gasteiger partial charge in [-0.1, -0.05) is 13.8 Å². The number of halogens is 2. The minimum absolute atomic E-state index is 0.161. The molecule has 0 aromatic heterocycles. The Kier molecular flexibility index (Phi) is 5.88. The maximum absolute atomic E-state index is 13.3. The molecule has 0 fully saturated rings. The molecule has 0 saturated heterocycles. The van der Waals surface area contributed by atoms with E-state index in [0.29, 0.717) is 0 Å². The lowest BCUT2D eigenvalue weighted by Crippen LogP contribution is -2.30. The van der Waals surface area contributed by atoms with Gasteiger partial charge in [0.25, 0.3) is 0 Å². The summed E-state index contributed by atoms with van der Waals surface area (Å²) in [6.45, 7) is 3.71. The molecule has 7 nitrogen and oxygen atoms in total. The van der Waals surface area contributed by atoms with E-state index in [0.717, 1.165) is 40.7 Å². The Morgan fingerprint density at radius 3 is 2.27 bits per heavy atom. The topological polar surface area (TPSA) is 89.8 Å². The summed E-state index contributed by atoms with van der Waals surface area (Å²) in [5.41, 5.74) is -0.608. The molecule has 0 aliphatic carbocycles. The van der Waals surface area contributed by atoms with Gasteiger partial charge in [0, 0.05) is 25.2 Å². The van der Waals surface area contributed by atoms with E-state index < -0.39 is 32.3 Å². The normalized spacial score (nSPS) is 11.6. The first kappa shape index (κ1) is 19.7. The van der Waals surface area contributed by atoms with Crippen molar-refractivity contribution in [2.45, 2.75) is 18.7 Å². The average molecular weight is 386 g/mol. The standard InChI is InChI=1S/C16H16F2N2O5S/c1-3-19(4-2)26(23,24)12-6-8-16(15(10-12)20(21)22)25-11-5-7-13(17)14(18)9-11/h5-10H,3-4H2,1-2H3. The molecule has 2 aromatic rings. The summed E-state index contributed by atoms with van der Waals surface area (Å²) in [5.74, 6) is -2.72. The van der Waals surface area contributed by atoms with E-state index in [1.54, 1.807) is 13.8 Å². The van der Waals surface area contributed by atoms with Crippen LogP contribution in [0.1, 0.15) is 13.8 Å². The molecule has 0 heterocycles. The number of ether oxygens (including phenoxy) is 1. The Labute approximate surface area is 149 Å². The summed E-state index contributed by atoms with van der Waals surface area (Å²) in [5, 5.41) is 11.3. The van der Waals surface area contributed by atoms with Crippen LogP contribution in [0.5, 0.6) is 11.5 Å². The molecule has 0 spiro atoms. The van der Waals surface area contributed by atoms with Gasteiger partial charge in [-0.2, -0.15) is 4.31 Å². The smallest absolute Gasteiger partial charge is 0.312 e. The van der Waals surface area contributed by atoms with Crippen molar-refractivity contribution in [3.8, 4) is 11.5 Å². The minimum atomic E-state index is -3.90. The molecule has 0 radical (unpaired) electrons. The summed E-state index contributed by atoms with van der Waals surface area (Å²) in [4.78, 5) is 10.2. The van der Waals surface area contributed by atoms with Gasteiger partial charge in [-0.25, -0.2) is 17.2 Å². The number of rotatable bonds is 7. The molecule has 0 N–H and O–H groups in total. The van der Waals surface area contributed by atoms with Crippen molar-refractivity contribution < 1.29 is 26.9 Å². The van der Waals surface area contributed by atoms with Gasteiger partial charge in [-0.3, -0.25) is 10.1 Å². The van der Waals surface area contributed by atoms with Gasteiger partial charge in [0.15, 0.2) is 11.6 Å². The van der Waals surface area contributed by atoms with E-state index in [-0.39, 0.29) is 29.5 Å². The zero-order valence-electron chi connectivity index (χ0n) is 14.0. The first-order chi connectivity index (χ1) is 12.2. The Hall–Kier alpha value is -2.59. The lowest BCUT2D eigenvalue weighted by atomic mass is 10.3. The van der Waals surface area contributed by atoms with Gasteiger partial charge >= 0.3 is 5.69 Å².